The van der Waals surface area contributed by atoms with Crippen molar-refractivity contribution in [1.29, 1.82) is 0 Å². The number of ether oxygens (including phenoxy) is 3. The van der Waals surface area contributed by atoms with E-state index in [1.54, 1.807) is 0 Å². The Morgan fingerprint density at radius 1 is 0.843 bits per heavy atom. The zero-order valence-corrected chi connectivity index (χ0v) is 34.9. The van der Waals surface area contributed by atoms with Crippen molar-refractivity contribution in [3.8, 4) is 11.5 Å². The van der Waals surface area contributed by atoms with Crippen LogP contribution in [0.15, 0.2) is 17.8 Å². The van der Waals surface area contributed by atoms with Gasteiger partial charge in [-0.2, -0.15) is 0 Å². The number of benzene rings is 1. The van der Waals surface area contributed by atoms with Crippen LogP contribution in [0.4, 0.5) is 0 Å². The number of carbonyl (C=O) groups is 1. The highest BCUT2D eigenvalue weighted by molar-refractivity contribution is 8.93. The zero-order valence-electron chi connectivity index (χ0n) is 33.2. The molecule has 2 fully saturated rings. The smallest absolute Gasteiger partial charge is 0.314 e. The minimum absolute atomic E-state index is 0. The van der Waals surface area contributed by atoms with E-state index in [4.69, 9.17) is 14.2 Å². The van der Waals surface area contributed by atoms with Crippen LogP contribution in [0.25, 0.3) is 5.57 Å². The second-order valence-electron chi connectivity index (χ2n) is 16.4. The van der Waals surface area contributed by atoms with E-state index in [0.717, 1.165) is 95.1 Å². The summed E-state index contributed by atoms with van der Waals surface area (Å²) in [7, 11) is 0. The fourth-order valence-corrected chi connectivity index (χ4v) is 9.05. The van der Waals surface area contributed by atoms with Gasteiger partial charge < -0.3 is 19.1 Å². The molecule has 5 aliphatic heterocycles. The summed E-state index contributed by atoms with van der Waals surface area (Å²) in [6.45, 7) is 17.9. The Hall–Kier alpha value is -1.57. The van der Waals surface area contributed by atoms with Crippen LogP contribution in [-0.4, -0.2) is 67.3 Å². The monoisotopic (exact) mass is 772 g/mol. The lowest BCUT2D eigenvalue weighted by atomic mass is 9.70. The van der Waals surface area contributed by atoms with Crippen molar-refractivity contribution in [2.75, 3.05) is 45.9 Å². The Morgan fingerprint density at radius 3 is 2.14 bits per heavy atom. The number of hydrogen-bond donors (Lipinski definition) is 0. The lowest BCUT2D eigenvalue weighted by Gasteiger charge is -2.54. The van der Waals surface area contributed by atoms with Gasteiger partial charge in [0, 0.05) is 26.2 Å². The molecule has 0 spiro atoms. The Labute approximate surface area is 322 Å². The lowest BCUT2D eigenvalue weighted by Crippen LogP contribution is -2.54. The molecular formula is C44H73BrN2O4. The van der Waals surface area contributed by atoms with Gasteiger partial charge in [0.2, 0.25) is 0 Å². The predicted molar refractivity (Wildman–Crippen MR) is 217 cm³/mol. The number of rotatable bonds is 22. The number of piperidine rings is 1. The number of allylic oxidation sites excluding steroid dienone is 1. The minimum Gasteiger partial charge on any atom is -0.480 e. The molecule has 2 saturated heterocycles. The molecule has 2 unspecified atom stereocenters. The maximum atomic E-state index is 13.9. The third-order valence-electron chi connectivity index (χ3n) is 12.3. The van der Waals surface area contributed by atoms with Crippen LogP contribution in [0.5, 0.6) is 11.5 Å². The molecule has 7 heteroatoms. The van der Waals surface area contributed by atoms with Gasteiger partial charge in [-0.25, -0.2) is 0 Å². The van der Waals surface area contributed by atoms with E-state index in [-0.39, 0.29) is 34.5 Å². The van der Waals surface area contributed by atoms with Gasteiger partial charge in [0.1, 0.15) is 17.1 Å². The van der Waals surface area contributed by atoms with E-state index in [0.29, 0.717) is 11.8 Å². The number of hydrogen-bond acceptors (Lipinski definition) is 6. The van der Waals surface area contributed by atoms with Crippen molar-refractivity contribution < 1.29 is 19.0 Å². The number of esters is 1. The molecule has 0 radical (unpaired) electrons. The number of fused-ring (bicyclic) bond motifs is 3. The second kappa shape index (κ2) is 21.4. The summed E-state index contributed by atoms with van der Waals surface area (Å²) < 4.78 is 19.7. The van der Waals surface area contributed by atoms with Crippen LogP contribution in [0.1, 0.15) is 161 Å². The Bertz CT molecular complexity index is 1220. The highest BCUT2D eigenvalue weighted by Crippen LogP contribution is 2.57. The van der Waals surface area contributed by atoms with Gasteiger partial charge in [0.15, 0.2) is 0 Å². The molecule has 2 bridgehead atoms. The van der Waals surface area contributed by atoms with Crippen LogP contribution in [0.2, 0.25) is 0 Å². The van der Waals surface area contributed by atoms with Crippen molar-refractivity contribution in [1.82, 2.24) is 9.80 Å². The maximum absolute atomic E-state index is 13.9. The quantitative estimate of drug-likeness (QED) is 0.0664. The Morgan fingerprint density at radius 2 is 1.49 bits per heavy atom. The average molecular weight is 774 g/mol. The summed E-state index contributed by atoms with van der Waals surface area (Å²) in [5.41, 5.74) is 4.97. The first-order valence-electron chi connectivity index (χ1n) is 21.3. The minimum atomic E-state index is -0.290. The molecule has 1 aromatic rings. The van der Waals surface area contributed by atoms with Gasteiger partial charge in [-0.15, -0.1) is 17.0 Å². The molecule has 0 aliphatic carbocycles. The SMILES string of the molecule is Br.CCCCCCC1(CCCCCC)Oc2cc(CCC(C)CCCCC)cc(OC(=O)C(C)CCN3CCOCC3)c2C2=C1N1CCC2CC1. The van der Waals surface area contributed by atoms with Crippen LogP contribution in [0, 0.1) is 17.8 Å². The second-order valence-corrected chi connectivity index (χ2v) is 16.4. The van der Waals surface area contributed by atoms with E-state index in [1.165, 1.54) is 107 Å². The van der Waals surface area contributed by atoms with Gasteiger partial charge in [-0.3, -0.25) is 9.69 Å². The van der Waals surface area contributed by atoms with E-state index in [2.05, 4.69) is 49.6 Å². The zero-order chi connectivity index (χ0) is 35.3. The fourth-order valence-electron chi connectivity index (χ4n) is 9.05. The topological polar surface area (TPSA) is 51.2 Å². The van der Waals surface area contributed by atoms with Crippen LogP contribution in [-0.2, 0) is 16.0 Å². The van der Waals surface area contributed by atoms with E-state index >= 15 is 0 Å². The fraction of sp³-hybridized carbons (Fsp3) is 0.795. The van der Waals surface area contributed by atoms with Crippen molar-refractivity contribution in [3.63, 3.8) is 0 Å². The summed E-state index contributed by atoms with van der Waals surface area (Å²) >= 11 is 0. The van der Waals surface area contributed by atoms with Crippen molar-refractivity contribution in [3.05, 3.63) is 29.0 Å². The number of halogens is 1. The molecule has 0 saturated carbocycles. The van der Waals surface area contributed by atoms with Gasteiger partial charge in [-0.05, 0) is 99.4 Å². The molecule has 6 rings (SSSR count). The lowest BCUT2D eigenvalue weighted by molar-refractivity contribution is -0.138. The average Bonchev–Trinajstić information content (AvgIpc) is 3.14. The molecule has 290 valence electrons. The first kappa shape index (κ1) is 42.2. The number of unbranched alkanes of at least 4 members (excludes halogenated alkanes) is 8. The molecule has 2 atom stereocenters. The summed E-state index contributed by atoms with van der Waals surface area (Å²) in [5.74, 6) is 2.65. The van der Waals surface area contributed by atoms with Gasteiger partial charge in [0.05, 0.1) is 30.4 Å². The van der Waals surface area contributed by atoms with Crippen LogP contribution < -0.4 is 9.47 Å². The summed E-state index contributed by atoms with van der Waals surface area (Å²) in [6.07, 6.45) is 22.6. The molecule has 5 heterocycles. The normalized spacial score (nSPS) is 19.6. The maximum Gasteiger partial charge on any atom is 0.314 e. The molecular weight excluding hydrogens is 700 g/mol. The third kappa shape index (κ3) is 11.2. The number of nitrogens with zero attached hydrogens (tertiary/aromatic N) is 2. The van der Waals surface area contributed by atoms with Crippen molar-refractivity contribution in [2.24, 2.45) is 17.8 Å². The van der Waals surface area contributed by atoms with Gasteiger partial charge >= 0.3 is 5.97 Å². The van der Waals surface area contributed by atoms with Gasteiger partial charge in [0.25, 0.3) is 0 Å². The third-order valence-corrected chi connectivity index (χ3v) is 12.3. The standard InChI is InChI=1S/C44H72N2O4.BrH/c1-6-9-12-15-23-44(24-16-13-10-7-2)42-40(37-21-26-46(42)27-22-37)41-38(49-43(47)35(5)20-25-45-28-30-48-31-29-45)32-36(33-39(41)50-44)19-18-34(4)17-14-11-8-3;/h32-35,37H,6-31H2,1-5H3;1H. The summed E-state index contributed by atoms with van der Waals surface area (Å²) in [6, 6.07) is 4.59. The summed E-state index contributed by atoms with van der Waals surface area (Å²) in [4.78, 5) is 19.0. The molecule has 0 aromatic heterocycles. The van der Waals surface area contributed by atoms with E-state index < -0.39 is 0 Å². The number of morpholine rings is 1. The van der Waals surface area contributed by atoms with E-state index in [1.807, 2.05) is 6.92 Å². The molecule has 0 amide bonds. The number of carbonyl (C=O) groups excluding carboxylic acids is 1. The van der Waals surface area contributed by atoms with E-state index in [9.17, 15) is 4.79 Å². The number of aryl methyl sites for hydroxylation is 1. The largest absolute Gasteiger partial charge is 0.480 e. The molecule has 6 nitrogen and oxygen atoms in total. The predicted octanol–water partition coefficient (Wildman–Crippen LogP) is 11.2. The molecule has 51 heavy (non-hydrogen) atoms. The first-order valence-corrected chi connectivity index (χ1v) is 21.3. The van der Waals surface area contributed by atoms with Crippen molar-refractivity contribution >= 4 is 28.5 Å². The van der Waals surface area contributed by atoms with Crippen molar-refractivity contribution in [2.45, 2.75) is 162 Å². The highest BCUT2D eigenvalue weighted by Gasteiger charge is 2.51. The Kier molecular flexibility index (Phi) is 17.7. The summed E-state index contributed by atoms with van der Waals surface area (Å²) in [5, 5.41) is 0. The highest BCUT2D eigenvalue weighted by atomic mass is 79.9. The van der Waals surface area contributed by atoms with Crippen LogP contribution in [0.3, 0.4) is 0 Å². The van der Waals surface area contributed by atoms with Crippen LogP contribution >= 0.6 is 17.0 Å². The Balaban J connectivity index is 0.00000583. The van der Waals surface area contributed by atoms with Gasteiger partial charge in [-0.1, -0.05) is 98.8 Å². The molecule has 0 N–H and O–H groups in total. The first-order chi connectivity index (χ1) is 24.4. The molecule has 5 aliphatic rings. The molecule has 1 aromatic carbocycles.